The first-order chi connectivity index (χ1) is 8.34. The molecule has 0 N–H and O–H groups in total. The van der Waals surface area contributed by atoms with E-state index in [0.29, 0.717) is 0 Å². The third kappa shape index (κ3) is 6.73. The zero-order valence-corrected chi connectivity index (χ0v) is 11.8. The molecule has 0 aliphatic rings. The summed E-state index contributed by atoms with van der Waals surface area (Å²) in [7, 11) is 0. The van der Waals surface area contributed by atoms with E-state index in [1.54, 1.807) is 0 Å². The molecule has 0 radical (unpaired) electrons. The fraction of sp³-hybridized carbons (Fsp3) is 0.625. The molecule has 0 saturated carbocycles. The molecule has 0 nitrogen and oxygen atoms in total. The highest BCUT2D eigenvalue weighted by molar-refractivity contribution is 6.20. The van der Waals surface area contributed by atoms with Gasteiger partial charge in [0.1, 0.15) is 0 Å². The zero-order chi connectivity index (χ0) is 12.3. The van der Waals surface area contributed by atoms with Crippen LogP contribution in [0.15, 0.2) is 30.3 Å². The summed E-state index contributed by atoms with van der Waals surface area (Å²) in [5.74, 6) is 0. The largest absolute Gasteiger partial charge is 0.118 e. The van der Waals surface area contributed by atoms with Gasteiger partial charge in [-0.1, -0.05) is 82.2 Å². The Morgan fingerprint density at radius 2 is 1.47 bits per heavy atom. The zero-order valence-electron chi connectivity index (χ0n) is 11.0. The first-order valence-electron chi connectivity index (χ1n) is 7.03. The lowest BCUT2D eigenvalue weighted by Gasteiger charge is -2.09. The van der Waals surface area contributed by atoms with Crippen LogP contribution in [-0.4, -0.2) is 0 Å². The summed E-state index contributed by atoms with van der Waals surface area (Å²) in [6, 6.07) is 10.4. The molecule has 1 aromatic carbocycles. The molecule has 1 atom stereocenters. The Bertz CT molecular complexity index is 268. The van der Waals surface area contributed by atoms with Crippen LogP contribution in [0.25, 0.3) is 0 Å². The Morgan fingerprint density at radius 1 is 0.882 bits per heavy atom. The number of benzene rings is 1. The van der Waals surface area contributed by atoms with Crippen LogP contribution in [0.5, 0.6) is 0 Å². The van der Waals surface area contributed by atoms with Crippen LogP contribution in [-0.2, 0) is 0 Å². The number of hydrogen-bond donors (Lipinski definition) is 0. The first-order valence-corrected chi connectivity index (χ1v) is 7.47. The summed E-state index contributed by atoms with van der Waals surface area (Å²) >= 11 is 6.37. The van der Waals surface area contributed by atoms with Gasteiger partial charge in [0.25, 0.3) is 0 Å². The Balaban J connectivity index is 2.03. The van der Waals surface area contributed by atoms with Crippen LogP contribution in [0, 0.1) is 0 Å². The first kappa shape index (κ1) is 14.6. The summed E-state index contributed by atoms with van der Waals surface area (Å²) in [4.78, 5) is 0. The van der Waals surface area contributed by atoms with Crippen molar-refractivity contribution in [1.82, 2.24) is 0 Å². The Labute approximate surface area is 111 Å². The van der Waals surface area contributed by atoms with E-state index in [1.165, 1.54) is 50.5 Å². The van der Waals surface area contributed by atoms with Gasteiger partial charge in [-0.2, -0.15) is 0 Å². The average molecular weight is 253 g/mol. The smallest absolute Gasteiger partial charge is 0.0585 e. The van der Waals surface area contributed by atoms with Crippen molar-refractivity contribution in [2.45, 2.75) is 63.7 Å². The lowest BCUT2D eigenvalue weighted by Crippen LogP contribution is -1.90. The maximum Gasteiger partial charge on any atom is 0.0585 e. The highest BCUT2D eigenvalue weighted by Crippen LogP contribution is 2.26. The predicted molar refractivity (Wildman–Crippen MR) is 77.6 cm³/mol. The monoisotopic (exact) mass is 252 g/mol. The average Bonchev–Trinajstić information content (AvgIpc) is 2.38. The van der Waals surface area contributed by atoms with Crippen LogP contribution in [0.4, 0.5) is 0 Å². The van der Waals surface area contributed by atoms with E-state index in [2.05, 4.69) is 31.2 Å². The summed E-state index contributed by atoms with van der Waals surface area (Å²) < 4.78 is 0. The van der Waals surface area contributed by atoms with Crippen molar-refractivity contribution in [3.63, 3.8) is 0 Å². The van der Waals surface area contributed by atoms with E-state index in [-0.39, 0.29) is 5.38 Å². The lowest BCUT2D eigenvalue weighted by molar-refractivity contribution is 0.572. The van der Waals surface area contributed by atoms with Crippen LogP contribution in [0.3, 0.4) is 0 Å². The molecule has 96 valence electrons. The number of alkyl halides is 1. The minimum atomic E-state index is 0.201. The van der Waals surface area contributed by atoms with Crippen molar-refractivity contribution in [2.75, 3.05) is 0 Å². The van der Waals surface area contributed by atoms with Crippen molar-refractivity contribution >= 4 is 11.6 Å². The standard InChI is InChI=1S/C16H25Cl/c1-2-3-4-5-6-7-11-14-16(17)15-12-9-8-10-13-15/h8-10,12-13,16H,2-7,11,14H2,1H3. The minimum Gasteiger partial charge on any atom is -0.118 e. The van der Waals surface area contributed by atoms with E-state index in [4.69, 9.17) is 11.6 Å². The SMILES string of the molecule is CCCCCCCCCC(Cl)c1ccccc1. The van der Waals surface area contributed by atoms with E-state index in [0.717, 1.165) is 6.42 Å². The summed E-state index contributed by atoms with van der Waals surface area (Å²) in [5.41, 5.74) is 1.26. The van der Waals surface area contributed by atoms with E-state index >= 15 is 0 Å². The molecule has 1 unspecified atom stereocenters. The molecule has 0 aliphatic heterocycles. The van der Waals surface area contributed by atoms with Gasteiger partial charge >= 0.3 is 0 Å². The molecule has 0 saturated heterocycles. The summed E-state index contributed by atoms with van der Waals surface area (Å²) in [6.45, 7) is 2.26. The minimum absolute atomic E-state index is 0.201. The highest BCUT2D eigenvalue weighted by atomic mass is 35.5. The van der Waals surface area contributed by atoms with Crippen LogP contribution in [0.1, 0.15) is 69.2 Å². The topological polar surface area (TPSA) is 0 Å². The van der Waals surface area contributed by atoms with E-state index in [9.17, 15) is 0 Å². The third-order valence-electron chi connectivity index (χ3n) is 3.22. The van der Waals surface area contributed by atoms with E-state index < -0.39 is 0 Å². The predicted octanol–water partition coefficient (Wildman–Crippen LogP) is 6.11. The van der Waals surface area contributed by atoms with Crippen LogP contribution in [0.2, 0.25) is 0 Å². The van der Waals surface area contributed by atoms with Gasteiger partial charge in [0.2, 0.25) is 0 Å². The lowest BCUT2D eigenvalue weighted by atomic mass is 10.0. The Hall–Kier alpha value is -0.490. The number of hydrogen-bond acceptors (Lipinski definition) is 0. The fourth-order valence-electron chi connectivity index (χ4n) is 2.11. The van der Waals surface area contributed by atoms with Gasteiger partial charge in [-0.25, -0.2) is 0 Å². The molecular weight excluding hydrogens is 228 g/mol. The van der Waals surface area contributed by atoms with Gasteiger partial charge < -0.3 is 0 Å². The molecule has 1 heteroatoms. The number of rotatable bonds is 9. The third-order valence-corrected chi connectivity index (χ3v) is 3.69. The molecule has 1 aromatic rings. The second kappa shape index (κ2) is 9.53. The normalized spacial score (nSPS) is 12.6. The van der Waals surface area contributed by atoms with Crippen molar-refractivity contribution in [3.05, 3.63) is 35.9 Å². The molecule has 0 amide bonds. The molecule has 0 aromatic heterocycles. The number of halogens is 1. The second-order valence-corrected chi connectivity index (χ2v) is 5.32. The quantitative estimate of drug-likeness (QED) is 0.368. The summed E-state index contributed by atoms with van der Waals surface area (Å²) in [6.07, 6.45) is 10.6. The van der Waals surface area contributed by atoms with Gasteiger partial charge in [-0.3, -0.25) is 0 Å². The van der Waals surface area contributed by atoms with Gasteiger partial charge in [0.15, 0.2) is 0 Å². The fourth-order valence-corrected chi connectivity index (χ4v) is 2.41. The van der Waals surface area contributed by atoms with Gasteiger partial charge in [-0.05, 0) is 12.0 Å². The molecule has 1 rings (SSSR count). The van der Waals surface area contributed by atoms with Crippen molar-refractivity contribution in [1.29, 1.82) is 0 Å². The molecule has 0 aliphatic carbocycles. The maximum atomic E-state index is 6.37. The van der Waals surface area contributed by atoms with Crippen LogP contribution >= 0.6 is 11.6 Å². The molecule has 0 heterocycles. The molecule has 17 heavy (non-hydrogen) atoms. The molecule has 0 bridgehead atoms. The Kier molecular flexibility index (Phi) is 8.17. The molecular formula is C16H25Cl. The van der Waals surface area contributed by atoms with Crippen molar-refractivity contribution < 1.29 is 0 Å². The van der Waals surface area contributed by atoms with E-state index in [1.807, 2.05) is 6.07 Å². The maximum absolute atomic E-state index is 6.37. The Morgan fingerprint density at radius 3 is 2.12 bits per heavy atom. The number of unbranched alkanes of at least 4 members (excludes halogenated alkanes) is 6. The summed E-state index contributed by atoms with van der Waals surface area (Å²) in [5, 5.41) is 0.201. The van der Waals surface area contributed by atoms with Gasteiger partial charge in [0, 0.05) is 0 Å². The second-order valence-electron chi connectivity index (χ2n) is 4.79. The van der Waals surface area contributed by atoms with Crippen molar-refractivity contribution in [2.24, 2.45) is 0 Å². The van der Waals surface area contributed by atoms with Crippen LogP contribution < -0.4 is 0 Å². The van der Waals surface area contributed by atoms with Crippen molar-refractivity contribution in [3.8, 4) is 0 Å². The van der Waals surface area contributed by atoms with Gasteiger partial charge in [-0.15, -0.1) is 11.6 Å². The highest BCUT2D eigenvalue weighted by Gasteiger charge is 2.06. The van der Waals surface area contributed by atoms with Gasteiger partial charge in [0.05, 0.1) is 5.38 Å². The molecule has 0 fully saturated rings. The molecule has 0 spiro atoms.